The van der Waals surface area contributed by atoms with E-state index in [1.807, 2.05) is 31.2 Å². The molecule has 2 atom stereocenters. The minimum absolute atomic E-state index is 0.0131. The molecular weight excluding hydrogens is 362 g/mol. The first-order chi connectivity index (χ1) is 12.9. The van der Waals surface area contributed by atoms with Gasteiger partial charge in [-0.15, -0.1) is 0 Å². The fourth-order valence-electron chi connectivity index (χ4n) is 2.50. The predicted octanol–water partition coefficient (Wildman–Crippen LogP) is 4.42. The van der Waals surface area contributed by atoms with Crippen LogP contribution in [0.2, 0.25) is 5.02 Å². The van der Waals surface area contributed by atoms with Crippen LogP contribution in [0.5, 0.6) is 0 Å². The number of carbonyl (C=O) groups is 2. The topological polar surface area (TPSA) is 55.4 Å². The number of aryl methyl sites for hydroxylation is 1. The summed E-state index contributed by atoms with van der Waals surface area (Å²) in [6.07, 6.45) is 3.71. The Balaban J connectivity index is 1.76. The summed E-state index contributed by atoms with van der Waals surface area (Å²) in [5, 5.41) is 3.46. The largest absolute Gasteiger partial charge is 0.449 e. The van der Waals surface area contributed by atoms with Crippen LogP contribution < -0.4 is 5.32 Å². The second-order valence-electron chi connectivity index (χ2n) is 6.40. The molecule has 0 saturated heterocycles. The van der Waals surface area contributed by atoms with Crippen LogP contribution in [0.15, 0.2) is 60.7 Å². The van der Waals surface area contributed by atoms with Gasteiger partial charge in [-0.25, -0.2) is 4.79 Å². The summed E-state index contributed by atoms with van der Waals surface area (Å²) in [7, 11) is 0. The fraction of sp³-hybridized carbons (Fsp3) is 0.273. The molecule has 5 heteroatoms. The lowest BCUT2D eigenvalue weighted by Gasteiger charge is -2.17. The highest BCUT2D eigenvalue weighted by Gasteiger charge is 2.18. The van der Waals surface area contributed by atoms with Crippen LogP contribution in [0.25, 0.3) is 6.08 Å². The quantitative estimate of drug-likeness (QED) is 0.540. The Morgan fingerprint density at radius 3 is 2.56 bits per heavy atom. The normalized spacial score (nSPS) is 13.1. The number of benzene rings is 2. The lowest BCUT2D eigenvalue weighted by atomic mass is 10.1. The van der Waals surface area contributed by atoms with Gasteiger partial charge < -0.3 is 10.1 Å². The summed E-state index contributed by atoms with van der Waals surface area (Å²) in [5.41, 5.74) is 2.01. The molecule has 142 valence electrons. The van der Waals surface area contributed by atoms with E-state index >= 15 is 0 Å². The van der Waals surface area contributed by atoms with Gasteiger partial charge in [0.1, 0.15) is 0 Å². The summed E-state index contributed by atoms with van der Waals surface area (Å²) in [6.45, 7) is 3.50. The molecule has 0 aromatic heterocycles. The summed E-state index contributed by atoms with van der Waals surface area (Å²) >= 11 is 5.90. The molecule has 0 radical (unpaired) electrons. The van der Waals surface area contributed by atoms with Crippen LogP contribution in [0, 0.1) is 0 Å². The van der Waals surface area contributed by atoms with E-state index in [0.717, 1.165) is 18.4 Å². The summed E-state index contributed by atoms with van der Waals surface area (Å²) in [6, 6.07) is 17.2. The minimum atomic E-state index is -0.860. The molecule has 0 fully saturated rings. The molecule has 0 heterocycles. The van der Waals surface area contributed by atoms with E-state index in [4.69, 9.17) is 16.3 Å². The average Bonchev–Trinajstić information content (AvgIpc) is 2.65. The summed E-state index contributed by atoms with van der Waals surface area (Å²) in [5.74, 6) is -0.880. The van der Waals surface area contributed by atoms with E-state index in [-0.39, 0.29) is 11.9 Å². The number of ether oxygens (including phenoxy) is 1. The number of rotatable bonds is 8. The van der Waals surface area contributed by atoms with Crippen molar-refractivity contribution >= 4 is 29.6 Å². The molecular formula is C22H24ClNO3. The van der Waals surface area contributed by atoms with Crippen LogP contribution >= 0.6 is 11.6 Å². The number of halogens is 1. The Bertz CT molecular complexity index is 789. The number of nitrogens with one attached hydrogen (secondary N) is 1. The highest BCUT2D eigenvalue weighted by molar-refractivity contribution is 6.30. The van der Waals surface area contributed by atoms with Crippen LogP contribution in [-0.2, 0) is 20.7 Å². The molecule has 4 nitrogen and oxygen atoms in total. The molecule has 27 heavy (non-hydrogen) atoms. The Morgan fingerprint density at radius 1 is 1.11 bits per heavy atom. The van der Waals surface area contributed by atoms with Crippen molar-refractivity contribution in [1.82, 2.24) is 5.32 Å². The number of esters is 1. The fourth-order valence-corrected chi connectivity index (χ4v) is 2.70. The molecule has 0 spiro atoms. The molecule has 2 rings (SSSR count). The number of hydrogen-bond acceptors (Lipinski definition) is 3. The highest BCUT2D eigenvalue weighted by Crippen LogP contribution is 2.12. The van der Waals surface area contributed by atoms with Gasteiger partial charge in [0.05, 0.1) is 0 Å². The molecule has 0 bridgehead atoms. The predicted molar refractivity (Wildman–Crippen MR) is 108 cm³/mol. The van der Waals surface area contributed by atoms with Gasteiger partial charge in [-0.2, -0.15) is 0 Å². The van der Waals surface area contributed by atoms with Crippen molar-refractivity contribution in [2.45, 2.75) is 38.8 Å². The van der Waals surface area contributed by atoms with Crippen molar-refractivity contribution < 1.29 is 14.3 Å². The molecule has 0 aliphatic rings. The lowest BCUT2D eigenvalue weighted by molar-refractivity contribution is -0.150. The van der Waals surface area contributed by atoms with E-state index in [9.17, 15) is 9.59 Å². The lowest BCUT2D eigenvalue weighted by Crippen LogP contribution is -2.40. The smallest absolute Gasteiger partial charge is 0.331 e. The van der Waals surface area contributed by atoms with Gasteiger partial charge in [-0.05, 0) is 56.0 Å². The third-order valence-electron chi connectivity index (χ3n) is 4.02. The molecule has 2 aromatic rings. The average molecular weight is 386 g/mol. The maximum absolute atomic E-state index is 12.2. The monoisotopic (exact) mass is 385 g/mol. The minimum Gasteiger partial charge on any atom is -0.449 e. The first kappa shape index (κ1) is 20.7. The van der Waals surface area contributed by atoms with Crippen LogP contribution in [0.1, 0.15) is 31.4 Å². The molecule has 0 saturated carbocycles. The molecule has 2 aromatic carbocycles. The van der Waals surface area contributed by atoms with Gasteiger partial charge >= 0.3 is 5.97 Å². The number of carbonyl (C=O) groups excluding carboxylic acids is 2. The Kier molecular flexibility index (Phi) is 8.08. The Hall–Kier alpha value is -2.59. The van der Waals surface area contributed by atoms with E-state index in [1.54, 1.807) is 31.2 Å². The standard InChI is InChI=1S/C22H24ClNO3/c1-16(11-12-18-7-4-3-5-8-18)24-22(26)17(2)27-21(25)14-13-19-9-6-10-20(23)15-19/h3-10,13-17H,11-12H2,1-2H3,(H,24,26)/b14-13+/t16-,17-/m1/s1. The highest BCUT2D eigenvalue weighted by atomic mass is 35.5. The maximum Gasteiger partial charge on any atom is 0.331 e. The first-order valence-electron chi connectivity index (χ1n) is 8.92. The van der Waals surface area contributed by atoms with Gasteiger partial charge in [-0.1, -0.05) is 54.1 Å². The zero-order valence-corrected chi connectivity index (χ0v) is 16.3. The van der Waals surface area contributed by atoms with Gasteiger partial charge in [0.25, 0.3) is 5.91 Å². The zero-order chi connectivity index (χ0) is 19.6. The second kappa shape index (κ2) is 10.5. The van der Waals surface area contributed by atoms with E-state index in [2.05, 4.69) is 17.4 Å². The van der Waals surface area contributed by atoms with Crippen molar-refractivity contribution in [1.29, 1.82) is 0 Å². The van der Waals surface area contributed by atoms with Crippen LogP contribution in [0.4, 0.5) is 0 Å². The van der Waals surface area contributed by atoms with Crippen molar-refractivity contribution in [2.75, 3.05) is 0 Å². The van der Waals surface area contributed by atoms with Crippen LogP contribution in [0.3, 0.4) is 0 Å². The van der Waals surface area contributed by atoms with Crippen molar-refractivity contribution in [2.24, 2.45) is 0 Å². The molecule has 0 aliphatic heterocycles. The molecule has 1 amide bonds. The molecule has 0 unspecified atom stereocenters. The summed E-state index contributed by atoms with van der Waals surface area (Å²) in [4.78, 5) is 24.1. The second-order valence-corrected chi connectivity index (χ2v) is 6.84. The van der Waals surface area contributed by atoms with Crippen molar-refractivity contribution in [3.8, 4) is 0 Å². The van der Waals surface area contributed by atoms with E-state index < -0.39 is 12.1 Å². The third-order valence-corrected chi connectivity index (χ3v) is 4.26. The number of hydrogen-bond donors (Lipinski definition) is 1. The third kappa shape index (κ3) is 7.67. The maximum atomic E-state index is 12.2. The zero-order valence-electron chi connectivity index (χ0n) is 15.5. The SMILES string of the molecule is C[C@H](CCc1ccccc1)NC(=O)[C@@H](C)OC(=O)/C=C/c1cccc(Cl)c1. The van der Waals surface area contributed by atoms with E-state index in [0.29, 0.717) is 5.02 Å². The van der Waals surface area contributed by atoms with Gasteiger partial charge in [-0.3, -0.25) is 4.79 Å². The van der Waals surface area contributed by atoms with Crippen molar-refractivity contribution in [3.05, 3.63) is 76.8 Å². The van der Waals surface area contributed by atoms with Gasteiger partial charge in [0.2, 0.25) is 0 Å². The molecule has 0 aliphatic carbocycles. The Labute approximate surface area is 165 Å². The van der Waals surface area contributed by atoms with Gasteiger partial charge in [0.15, 0.2) is 6.10 Å². The van der Waals surface area contributed by atoms with E-state index in [1.165, 1.54) is 11.6 Å². The Morgan fingerprint density at radius 2 is 1.85 bits per heavy atom. The van der Waals surface area contributed by atoms with Gasteiger partial charge in [0, 0.05) is 17.1 Å². The van der Waals surface area contributed by atoms with Crippen molar-refractivity contribution in [3.63, 3.8) is 0 Å². The number of amides is 1. The van der Waals surface area contributed by atoms with Crippen LogP contribution in [-0.4, -0.2) is 24.0 Å². The molecule has 1 N–H and O–H groups in total. The first-order valence-corrected chi connectivity index (χ1v) is 9.30. The summed E-state index contributed by atoms with van der Waals surface area (Å²) < 4.78 is 5.16.